The van der Waals surface area contributed by atoms with E-state index in [2.05, 4.69) is 10.6 Å². The molecule has 2 amide bonds. The maximum Gasteiger partial charge on any atom is 0.315 e. The van der Waals surface area contributed by atoms with Gasteiger partial charge in [-0.1, -0.05) is 6.07 Å². The first-order valence-corrected chi connectivity index (χ1v) is 7.69. The lowest BCUT2D eigenvalue weighted by Gasteiger charge is -2.20. The summed E-state index contributed by atoms with van der Waals surface area (Å²) in [5.41, 5.74) is 0.683. The Kier molecular flexibility index (Phi) is 4.20. The van der Waals surface area contributed by atoms with Gasteiger partial charge in [-0.3, -0.25) is 0 Å². The number of ether oxygens (including phenoxy) is 1. The molecule has 5 nitrogen and oxygen atoms in total. The molecule has 1 atom stereocenters. The normalized spacial score (nSPS) is 22.0. The maximum absolute atomic E-state index is 13.3. The van der Waals surface area contributed by atoms with Crippen molar-refractivity contribution >= 4 is 6.03 Å². The number of hydrogen-bond donors (Lipinski definition) is 3. The van der Waals surface area contributed by atoms with Crippen molar-refractivity contribution in [2.24, 2.45) is 5.41 Å². The predicted octanol–water partition coefficient (Wildman–Crippen LogP) is 2.11. The van der Waals surface area contributed by atoms with E-state index < -0.39 is 0 Å². The van der Waals surface area contributed by atoms with Crippen LogP contribution >= 0.6 is 0 Å². The summed E-state index contributed by atoms with van der Waals surface area (Å²) < 4.78 is 18.8. The van der Waals surface area contributed by atoms with Crippen molar-refractivity contribution in [3.8, 4) is 5.75 Å². The number of nitrogens with one attached hydrogen (secondary N) is 2. The van der Waals surface area contributed by atoms with Gasteiger partial charge in [0, 0.05) is 23.6 Å². The van der Waals surface area contributed by atoms with Crippen molar-refractivity contribution in [3.63, 3.8) is 0 Å². The van der Waals surface area contributed by atoms with E-state index in [0.717, 1.165) is 31.2 Å². The van der Waals surface area contributed by atoms with Crippen LogP contribution in [0, 0.1) is 11.2 Å². The van der Waals surface area contributed by atoms with Gasteiger partial charge < -0.3 is 20.5 Å². The molecule has 2 aliphatic rings. The molecule has 1 fully saturated rings. The molecule has 3 rings (SSSR count). The fourth-order valence-corrected chi connectivity index (χ4v) is 2.74. The molecule has 3 N–H and O–H groups in total. The highest BCUT2D eigenvalue weighted by Crippen LogP contribution is 2.44. The SMILES string of the molecule is O=C(NCC1(CO)CC1)NC1CCCOc2cc(F)ccc21. The minimum atomic E-state index is -0.345. The van der Waals surface area contributed by atoms with E-state index >= 15 is 0 Å². The highest BCUT2D eigenvalue weighted by atomic mass is 19.1. The van der Waals surface area contributed by atoms with Crippen LogP contribution in [0.5, 0.6) is 5.75 Å². The predicted molar refractivity (Wildman–Crippen MR) is 79.2 cm³/mol. The average molecular weight is 308 g/mol. The number of benzene rings is 1. The molecule has 22 heavy (non-hydrogen) atoms. The standard InChI is InChI=1S/C16H21FN2O3/c17-11-3-4-12-13(2-1-7-22-14(12)8-11)19-15(21)18-9-16(10-20)5-6-16/h3-4,8,13,20H,1-2,5-7,9-10H2,(H2,18,19,21). The van der Waals surface area contributed by atoms with Crippen molar-refractivity contribution in [1.29, 1.82) is 0 Å². The minimum absolute atomic E-state index is 0.104. The molecule has 0 radical (unpaired) electrons. The summed E-state index contributed by atoms with van der Waals surface area (Å²) in [6.07, 6.45) is 3.44. The van der Waals surface area contributed by atoms with E-state index in [0.29, 0.717) is 18.9 Å². The first-order valence-electron chi connectivity index (χ1n) is 7.69. The van der Waals surface area contributed by atoms with Gasteiger partial charge in [-0.25, -0.2) is 9.18 Å². The number of aliphatic hydroxyl groups is 1. The molecule has 120 valence electrons. The van der Waals surface area contributed by atoms with E-state index in [1.54, 1.807) is 6.07 Å². The second-order valence-electron chi connectivity index (χ2n) is 6.21. The molecule has 1 saturated carbocycles. The van der Waals surface area contributed by atoms with E-state index in [9.17, 15) is 14.3 Å². The first kappa shape index (κ1) is 15.1. The number of carbonyl (C=O) groups is 1. The van der Waals surface area contributed by atoms with Crippen LogP contribution in [0.25, 0.3) is 0 Å². The summed E-state index contributed by atoms with van der Waals surface area (Å²) in [6, 6.07) is 3.95. The molecule has 6 heteroatoms. The Morgan fingerprint density at radius 3 is 3.00 bits per heavy atom. The Hall–Kier alpha value is -1.82. The molecular formula is C16H21FN2O3. The van der Waals surface area contributed by atoms with Crippen molar-refractivity contribution < 1.29 is 19.0 Å². The van der Waals surface area contributed by atoms with Crippen molar-refractivity contribution in [3.05, 3.63) is 29.6 Å². The molecule has 0 bridgehead atoms. The van der Waals surface area contributed by atoms with Gasteiger partial charge in [-0.2, -0.15) is 0 Å². The Balaban J connectivity index is 1.63. The highest BCUT2D eigenvalue weighted by Gasteiger charge is 2.42. The van der Waals surface area contributed by atoms with Crippen LogP contribution in [0.15, 0.2) is 18.2 Å². The summed E-state index contributed by atoms with van der Waals surface area (Å²) in [6.45, 7) is 1.10. The van der Waals surface area contributed by atoms with Gasteiger partial charge >= 0.3 is 6.03 Å². The van der Waals surface area contributed by atoms with Crippen LogP contribution in [0.3, 0.4) is 0 Å². The quantitative estimate of drug-likeness (QED) is 0.798. The van der Waals surface area contributed by atoms with Gasteiger partial charge in [0.25, 0.3) is 0 Å². The third-order valence-electron chi connectivity index (χ3n) is 4.47. The average Bonchev–Trinajstić information content (AvgIpc) is 3.30. The van der Waals surface area contributed by atoms with Crippen LogP contribution in [0.1, 0.15) is 37.3 Å². The fraction of sp³-hybridized carbons (Fsp3) is 0.562. The largest absolute Gasteiger partial charge is 0.493 e. The molecule has 1 heterocycles. The number of carbonyl (C=O) groups excluding carboxylic acids is 1. The van der Waals surface area contributed by atoms with Crippen LogP contribution in [0.4, 0.5) is 9.18 Å². The van der Waals surface area contributed by atoms with Crippen LogP contribution in [-0.4, -0.2) is 30.9 Å². The van der Waals surface area contributed by atoms with Crippen LogP contribution < -0.4 is 15.4 Å². The van der Waals surface area contributed by atoms with Crippen LogP contribution in [0.2, 0.25) is 0 Å². The van der Waals surface area contributed by atoms with Gasteiger partial charge in [-0.05, 0) is 31.7 Å². The second-order valence-corrected chi connectivity index (χ2v) is 6.21. The van der Waals surface area contributed by atoms with E-state index in [4.69, 9.17) is 4.74 Å². The Morgan fingerprint density at radius 1 is 1.45 bits per heavy atom. The zero-order valence-corrected chi connectivity index (χ0v) is 12.4. The Morgan fingerprint density at radius 2 is 2.27 bits per heavy atom. The highest BCUT2D eigenvalue weighted by molar-refractivity contribution is 5.74. The molecule has 0 spiro atoms. The van der Waals surface area contributed by atoms with E-state index in [1.807, 2.05) is 0 Å². The second kappa shape index (κ2) is 6.12. The number of amides is 2. The zero-order valence-electron chi connectivity index (χ0n) is 12.4. The van der Waals surface area contributed by atoms with E-state index in [1.165, 1.54) is 12.1 Å². The Labute approximate surface area is 128 Å². The molecule has 1 unspecified atom stereocenters. The number of halogens is 1. The third-order valence-corrected chi connectivity index (χ3v) is 4.47. The van der Waals surface area contributed by atoms with Gasteiger partial charge in [-0.15, -0.1) is 0 Å². The van der Waals surface area contributed by atoms with Crippen molar-refractivity contribution in [2.75, 3.05) is 19.8 Å². The number of fused-ring (bicyclic) bond motifs is 1. The molecule has 1 aliphatic heterocycles. The summed E-state index contributed by atoms with van der Waals surface area (Å²) in [7, 11) is 0. The molecule has 0 saturated heterocycles. The van der Waals surface area contributed by atoms with Crippen molar-refractivity contribution in [2.45, 2.75) is 31.7 Å². The monoisotopic (exact) mass is 308 g/mol. The van der Waals surface area contributed by atoms with Gasteiger partial charge in [0.15, 0.2) is 0 Å². The summed E-state index contributed by atoms with van der Waals surface area (Å²) in [4.78, 5) is 12.1. The Bertz CT molecular complexity index is 560. The molecule has 1 aromatic rings. The van der Waals surface area contributed by atoms with Crippen molar-refractivity contribution in [1.82, 2.24) is 10.6 Å². The first-order chi connectivity index (χ1) is 10.6. The molecular weight excluding hydrogens is 287 g/mol. The molecule has 1 aliphatic carbocycles. The smallest absolute Gasteiger partial charge is 0.315 e. The molecule has 0 aromatic heterocycles. The third kappa shape index (κ3) is 3.32. The van der Waals surface area contributed by atoms with Gasteiger partial charge in [0.2, 0.25) is 0 Å². The summed E-state index contributed by atoms with van der Waals surface area (Å²) >= 11 is 0. The number of hydrogen-bond acceptors (Lipinski definition) is 3. The minimum Gasteiger partial charge on any atom is -0.493 e. The number of aliphatic hydroxyl groups excluding tert-OH is 1. The van der Waals surface area contributed by atoms with Gasteiger partial charge in [0.1, 0.15) is 11.6 Å². The van der Waals surface area contributed by atoms with Crippen LogP contribution in [-0.2, 0) is 0 Å². The lowest BCUT2D eigenvalue weighted by atomic mass is 10.0. The fourth-order valence-electron chi connectivity index (χ4n) is 2.74. The summed E-state index contributed by atoms with van der Waals surface area (Å²) in [5, 5.41) is 15.0. The summed E-state index contributed by atoms with van der Waals surface area (Å²) in [5.74, 6) is 0.152. The lowest BCUT2D eigenvalue weighted by Crippen LogP contribution is -2.41. The molecule has 1 aromatic carbocycles. The van der Waals surface area contributed by atoms with E-state index in [-0.39, 0.29) is 29.9 Å². The lowest BCUT2D eigenvalue weighted by molar-refractivity contribution is 0.201. The topological polar surface area (TPSA) is 70.6 Å². The zero-order chi connectivity index (χ0) is 15.6. The van der Waals surface area contributed by atoms with Gasteiger partial charge in [0.05, 0.1) is 19.3 Å². The number of rotatable bonds is 4. The number of urea groups is 1. The maximum atomic E-state index is 13.3.